The van der Waals surface area contributed by atoms with Crippen LogP contribution in [0.5, 0.6) is 0 Å². The van der Waals surface area contributed by atoms with E-state index in [2.05, 4.69) is 0 Å². The van der Waals surface area contributed by atoms with Gasteiger partial charge in [0.15, 0.2) is 0 Å². The molecule has 4 heteroatoms. The summed E-state index contributed by atoms with van der Waals surface area (Å²) in [6.07, 6.45) is 0. The first kappa shape index (κ1) is 12.1. The number of rotatable bonds is 2. The zero-order valence-corrected chi connectivity index (χ0v) is 12.0. The minimum atomic E-state index is -0.211. The average molecular weight is 316 g/mol. The number of benzene rings is 2. The first-order valence-electron chi connectivity index (χ1n) is 5.86. The van der Waals surface area contributed by atoms with Crippen LogP contribution in [0.15, 0.2) is 53.3 Å². The third-order valence-corrected chi connectivity index (χ3v) is 5.18. The van der Waals surface area contributed by atoms with Gasteiger partial charge in [-0.2, -0.15) is 0 Å². The van der Waals surface area contributed by atoms with Gasteiger partial charge in [0.05, 0.1) is 0 Å². The summed E-state index contributed by atoms with van der Waals surface area (Å²) in [4.78, 5) is 24.0. The quantitative estimate of drug-likeness (QED) is 0.534. The number of fused-ring (bicyclic) bond motifs is 1. The Labute approximate surface area is 115 Å². The van der Waals surface area contributed by atoms with Crippen molar-refractivity contribution in [2.24, 2.45) is 7.05 Å². The SMILES string of the molecule is Cn1c(=O)[se]c2cc(C(=O)c3ccccc3)ccc21. The zero-order chi connectivity index (χ0) is 13.4. The molecule has 0 N–H and O–H groups in total. The molecule has 0 radical (unpaired) electrons. The molecule has 3 rings (SSSR count). The molecule has 3 nitrogen and oxygen atoms in total. The van der Waals surface area contributed by atoms with Crippen LogP contribution < -0.4 is 4.43 Å². The van der Waals surface area contributed by atoms with Crippen LogP contribution in [0.3, 0.4) is 0 Å². The van der Waals surface area contributed by atoms with Gasteiger partial charge in [-0.15, -0.1) is 0 Å². The van der Waals surface area contributed by atoms with Crippen molar-refractivity contribution in [2.75, 3.05) is 0 Å². The van der Waals surface area contributed by atoms with Gasteiger partial charge in [0.2, 0.25) is 0 Å². The monoisotopic (exact) mass is 317 g/mol. The van der Waals surface area contributed by atoms with Crippen molar-refractivity contribution in [1.29, 1.82) is 0 Å². The van der Waals surface area contributed by atoms with E-state index in [4.69, 9.17) is 0 Å². The summed E-state index contributed by atoms with van der Waals surface area (Å²) in [5.74, 6) is 0.00111. The van der Waals surface area contributed by atoms with Crippen LogP contribution in [0.25, 0.3) is 9.78 Å². The maximum atomic E-state index is 12.3. The molecule has 0 atom stereocenters. The van der Waals surface area contributed by atoms with Crippen LogP contribution in [0.4, 0.5) is 0 Å². The molecule has 0 fully saturated rings. The second-order valence-corrected chi connectivity index (χ2v) is 6.39. The summed E-state index contributed by atoms with van der Waals surface area (Å²) >= 11 is -0.211. The zero-order valence-electron chi connectivity index (χ0n) is 10.3. The van der Waals surface area contributed by atoms with E-state index in [-0.39, 0.29) is 24.7 Å². The fourth-order valence-electron chi connectivity index (χ4n) is 2.03. The van der Waals surface area contributed by atoms with Crippen molar-refractivity contribution in [3.05, 3.63) is 68.9 Å². The standard InChI is InChI=1S/C15H11NO2Se/c1-16-12-8-7-11(9-13(12)19-15(16)18)14(17)10-5-3-2-4-6-10/h2-9H,1H3. The molecule has 19 heavy (non-hydrogen) atoms. The van der Waals surface area contributed by atoms with E-state index in [1.165, 1.54) is 0 Å². The summed E-state index contributed by atoms with van der Waals surface area (Å²) in [5, 5.41) is 0. The first-order valence-corrected chi connectivity index (χ1v) is 7.57. The van der Waals surface area contributed by atoms with E-state index in [1.807, 2.05) is 30.3 Å². The fourth-order valence-corrected chi connectivity index (χ4v) is 3.96. The third-order valence-electron chi connectivity index (χ3n) is 3.09. The topological polar surface area (TPSA) is 39.1 Å². The molecule has 2 aromatic carbocycles. The molecule has 1 aromatic heterocycles. The number of aromatic nitrogens is 1. The van der Waals surface area contributed by atoms with Gasteiger partial charge in [0, 0.05) is 0 Å². The first-order chi connectivity index (χ1) is 9.16. The Bertz CT molecular complexity index is 815. The number of hydrogen-bond donors (Lipinski definition) is 0. The van der Waals surface area contributed by atoms with Crippen LogP contribution in [-0.2, 0) is 7.05 Å². The number of hydrogen-bond acceptors (Lipinski definition) is 2. The third kappa shape index (κ3) is 2.09. The molecule has 0 amide bonds. The number of aryl methyl sites for hydroxylation is 1. The fraction of sp³-hybridized carbons (Fsp3) is 0.0667. The molecule has 0 unspecified atom stereocenters. The van der Waals surface area contributed by atoms with Gasteiger partial charge in [-0.25, -0.2) is 0 Å². The Morgan fingerprint density at radius 1 is 1.05 bits per heavy atom. The molecule has 0 spiro atoms. The second kappa shape index (κ2) is 4.65. The molecule has 0 aliphatic heterocycles. The molecule has 0 bridgehead atoms. The van der Waals surface area contributed by atoms with Crippen molar-refractivity contribution in [3.8, 4) is 0 Å². The summed E-state index contributed by atoms with van der Waals surface area (Å²) < 4.78 is 2.78. The van der Waals surface area contributed by atoms with E-state index >= 15 is 0 Å². The second-order valence-electron chi connectivity index (χ2n) is 4.30. The molecule has 1 heterocycles. The van der Waals surface area contributed by atoms with Crippen molar-refractivity contribution < 1.29 is 4.79 Å². The maximum absolute atomic E-state index is 12.3. The molecule has 3 aromatic rings. The summed E-state index contributed by atoms with van der Waals surface area (Å²) in [5.41, 5.74) is 2.25. The van der Waals surface area contributed by atoms with Crippen LogP contribution >= 0.6 is 0 Å². The minimum absolute atomic E-state index is 0.00111. The Morgan fingerprint density at radius 3 is 2.53 bits per heavy atom. The molecular formula is C15H11NO2Se. The van der Waals surface area contributed by atoms with Gasteiger partial charge in [0.1, 0.15) is 0 Å². The summed E-state index contributed by atoms with van der Waals surface area (Å²) in [6, 6.07) is 14.7. The van der Waals surface area contributed by atoms with Crippen molar-refractivity contribution in [1.82, 2.24) is 4.57 Å². The van der Waals surface area contributed by atoms with Crippen LogP contribution in [0.2, 0.25) is 0 Å². The van der Waals surface area contributed by atoms with E-state index in [0.717, 1.165) is 9.78 Å². The number of carbonyl (C=O) groups is 1. The van der Waals surface area contributed by atoms with Crippen LogP contribution in [-0.4, -0.2) is 24.9 Å². The van der Waals surface area contributed by atoms with Gasteiger partial charge in [0.25, 0.3) is 0 Å². The van der Waals surface area contributed by atoms with Gasteiger partial charge in [-0.1, -0.05) is 0 Å². The van der Waals surface area contributed by atoms with Gasteiger partial charge in [-0.3, -0.25) is 0 Å². The van der Waals surface area contributed by atoms with Crippen molar-refractivity contribution in [2.45, 2.75) is 0 Å². The predicted molar refractivity (Wildman–Crippen MR) is 76.0 cm³/mol. The van der Waals surface area contributed by atoms with Crippen molar-refractivity contribution in [3.63, 3.8) is 0 Å². The molecule has 0 aliphatic rings. The van der Waals surface area contributed by atoms with Gasteiger partial charge < -0.3 is 0 Å². The van der Waals surface area contributed by atoms with Crippen molar-refractivity contribution >= 4 is 30.1 Å². The Morgan fingerprint density at radius 2 is 1.79 bits per heavy atom. The Kier molecular flexibility index (Phi) is 2.97. The molecule has 0 saturated carbocycles. The summed E-state index contributed by atoms with van der Waals surface area (Å²) in [7, 11) is 1.77. The summed E-state index contributed by atoms with van der Waals surface area (Å²) in [6.45, 7) is 0. The Hall–Kier alpha value is -1.90. The normalized spacial score (nSPS) is 10.8. The average Bonchev–Trinajstić information content (AvgIpc) is 2.74. The van der Waals surface area contributed by atoms with E-state index in [1.54, 1.807) is 29.8 Å². The van der Waals surface area contributed by atoms with E-state index in [9.17, 15) is 9.59 Å². The molecule has 94 valence electrons. The molecule has 0 aliphatic carbocycles. The molecular weight excluding hydrogens is 305 g/mol. The van der Waals surface area contributed by atoms with Gasteiger partial charge in [-0.05, 0) is 0 Å². The number of carbonyl (C=O) groups excluding carboxylic acids is 1. The van der Waals surface area contributed by atoms with E-state index in [0.29, 0.717) is 11.1 Å². The molecule has 0 saturated heterocycles. The Balaban J connectivity index is 2.12. The van der Waals surface area contributed by atoms with E-state index < -0.39 is 0 Å². The predicted octanol–water partition coefficient (Wildman–Crippen LogP) is 1.83. The van der Waals surface area contributed by atoms with Gasteiger partial charge >= 0.3 is 115 Å². The number of ketones is 1. The number of nitrogens with zero attached hydrogens (tertiary/aromatic N) is 1. The van der Waals surface area contributed by atoms with Crippen LogP contribution in [0, 0.1) is 0 Å². The van der Waals surface area contributed by atoms with Crippen LogP contribution in [0.1, 0.15) is 15.9 Å².